The van der Waals surface area contributed by atoms with Gasteiger partial charge >= 0.3 is 0 Å². The lowest BCUT2D eigenvalue weighted by Crippen LogP contribution is -1.94. The summed E-state index contributed by atoms with van der Waals surface area (Å²) in [7, 11) is 0. The molecule has 0 atom stereocenters. The zero-order chi connectivity index (χ0) is 10.1. The topological polar surface area (TPSA) is 17.8 Å². The summed E-state index contributed by atoms with van der Waals surface area (Å²) in [4.78, 5) is 0. The highest BCUT2D eigenvalue weighted by molar-refractivity contribution is 9.10. The summed E-state index contributed by atoms with van der Waals surface area (Å²) in [5.41, 5.74) is 1.76. The third kappa shape index (κ3) is 1.85. The van der Waals surface area contributed by atoms with Crippen molar-refractivity contribution in [2.45, 2.75) is 6.92 Å². The minimum absolute atomic E-state index is 0.275. The number of aryl methyl sites for hydroxylation is 1. The molecule has 4 heteroatoms. The van der Waals surface area contributed by atoms with Crippen LogP contribution in [-0.2, 0) is 0 Å². The first kappa shape index (κ1) is 9.40. The number of hydrogen-bond donors (Lipinski definition) is 0. The standard InChI is InChI=1S/C10H8BrFN2/c1-7-5-13-14(6-7)10-3-8(11)2-9(12)4-10/h2-6H,1H3. The van der Waals surface area contributed by atoms with Crippen LogP contribution in [0.15, 0.2) is 35.1 Å². The fourth-order valence-electron chi connectivity index (χ4n) is 1.23. The molecule has 2 aromatic rings. The van der Waals surface area contributed by atoms with Crippen LogP contribution in [0, 0.1) is 12.7 Å². The van der Waals surface area contributed by atoms with Gasteiger partial charge in [0.25, 0.3) is 0 Å². The lowest BCUT2D eigenvalue weighted by molar-refractivity contribution is 0.624. The van der Waals surface area contributed by atoms with Gasteiger partial charge < -0.3 is 0 Å². The number of benzene rings is 1. The van der Waals surface area contributed by atoms with Gasteiger partial charge in [-0.25, -0.2) is 9.07 Å². The maximum Gasteiger partial charge on any atom is 0.126 e. The molecular weight excluding hydrogens is 247 g/mol. The molecule has 0 N–H and O–H groups in total. The van der Waals surface area contributed by atoms with Gasteiger partial charge in [-0.2, -0.15) is 5.10 Å². The van der Waals surface area contributed by atoms with Crippen molar-refractivity contribution >= 4 is 15.9 Å². The number of aromatic nitrogens is 2. The van der Waals surface area contributed by atoms with Crippen molar-refractivity contribution in [3.63, 3.8) is 0 Å². The van der Waals surface area contributed by atoms with E-state index < -0.39 is 0 Å². The molecule has 72 valence electrons. The van der Waals surface area contributed by atoms with E-state index in [1.54, 1.807) is 10.9 Å². The van der Waals surface area contributed by atoms with Gasteiger partial charge in [0.1, 0.15) is 5.82 Å². The number of hydrogen-bond acceptors (Lipinski definition) is 1. The Morgan fingerprint density at radius 3 is 2.71 bits per heavy atom. The second kappa shape index (κ2) is 3.53. The molecular formula is C10H8BrFN2. The van der Waals surface area contributed by atoms with E-state index in [0.29, 0.717) is 10.2 Å². The van der Waals surface area contributed by atoms with E-state index in [1.807, 2.05) is 19.2 Å². The van der Waals surface area contributed by atoms with Crippen LogP contribution in [0.4, 0.5) is 4.39 Å². The van der Waals surface area contributed by atoms with Gasteiger partial charge in [-0.3, -0.25) is 0 Å². The van der Waals surface area contributed by atoms with E-state index in [0.717, 1.165) is 5.56 Å². The Morgan fingerprint density at radius 2 is 2.14 bits per heavy atom. The van der Waals surface area contributed by atoms with Crippen molar-refractivity contribution in [1.29, 1.82) is 0 Å². The first-order valence-electron chi connectivity index (χ1n) is 4.13. The molecule has 1 aromatic carbocycles. The minimum atomic E-state index is -0.275. The van der Waals surface area contributed by atoms with Gasteiger partial charge in [-0.05, 0) is 30.7 Å². The van der Waals surface area contributed by atoms with Gasteiger partial charge in [0, 0.05) is 10.7 Å². The Bertz CT molecular complexity index is 445. The highest BCUT2D eigenvalue weighted by Crippen LogP contribution is 2.17. The molecule has 1 aromatic heterocycles. The zero-order valence-electron chi connectivity index (χ0n) is 7.54. The normalized spacial score (nSPS) is 10.5. The van der Waals surface area contributed by atoms with E-state index in [4.69, 9.17) is 0 Å². The van der Waals surface area contributed by atoms with Crippen LogP contribution >= 0.6 is 15.9 Å². The first-order chi connectivity index (χ1) is 6.65. The Hall–Kier alpha value is -1.16. The van der Waals surface area contributed by atoms with Crippen molar-refractivity contribution in [1.82, 2.24) is 9.78 Å². The van der Waals surface area contributed by atoms with Crippen molar-refractivity contribution in [2.24, 2.45) is 0 Å². The second-order valence-electron chi connectivity index (χ2n) is 3.09. The summed E-state index contributed by atoms with van der Waals surface area (Å²) < 4.78 is 15.4. The quantitative estimate of drug-likeness (QED) is 0.765. The van der Waals surface area contributed by atoms with Crippen LogP contribution in [0.3, 0.4) is 0 Å². The molecule has 0 saturated heterocycles. The minimum Gasteiger partial charge on any atom is -0.241 e. The number of nitrogens with zero attached hydrogens (tertiary/aromatic N) is 2. The smallest absolute Gasteiger partial charge is 0.126 e. The lowest BCUT2D eigenvalue weighted by atomic mass is 10.3. The molecule has 0 aliphatic heterocycles. The van der Waals surface area contributed by atoms with Gasteiger partial charge in [-0.15, -0.1) is 0 Å². The van der Waals surface area contributed by atoms with Crippen molar-refractivity contribution in [3.05, 3.63) is 46.4 Å². The van der Waals surface area contributed by atoms with Crippen LogP contribution in [0.5, 0.6) is 0 Å². The van der Waals surface area contributed by atoms with Gasteiger partial charge in [0.2, 0.25) is 0 Å². The van der Waals surface area contributed by atoms with Gasteiger partial charge in [-0.1, -0.05) is 15.9 Å². The third-order valence-corrected chi connectivity index (χ3v) is 2.28. The van der Waals surface area contributed by atoms with E-state index in [9.17, 15) is 4.39 Å². The molecule has 0 aliphatic rings. The van der Waals surface area contributed by atoms with Crippen LogP contribution in [0.1, 0.15) is 5.56 Å². The predicted molar refractivity (Wildman–Crippen MR) is 56.0 cm³/mol. The maximum atomic E-state index is 13.0. The summed E-state index contributed by atoms with van der Waals surface area (Å²) in [6, 6.07) is 4.67. The summed E-state index contributed by atoms with van der Waals surface area (Å²) >= 11 is 3.24. The fraction of sp³-hybridized carbons (Fsp3) is 0.100. The summed E-state index contributed by atoms with van der Waals surface area (Å²) in [6.45, 7) is 1.94. The molecule has 2 nitrogen and oxygen atoms in total. The van der Waals surface area contributed by atoms with Crippen molar-refractivity contribution in [3.8, 4) is 5.69 Å². The highest BCUT2D eigenvalue weighted by atomic mass is 79.9. The number of rotatable bonds is 1. The maximum absolute atomic E-state index is 13.0. The Kier molecular flexibility index (Phi) is 2.37. The van der Waals surface area contributed by atoms with Crippen molar-refractivity contribution in [2.75, 3.05) is 0 Å². The van der Waals surface area contributed by atoms with Gasteiger partial charge in [0.05, 0.1) is 11.9 Å². The largest absolute Gasteiger partial charge is 0.241 e. The van der Waals surface area contributed by atoms with E-state index in [1.165, 1.54) is 12.1 Å². The molecule has 2 rings (SSSR count). The fourth-order valence-corrected chi connectivity index (χ4v) is 1.68. The van der Waals surface area contributed by atoms with Crippen LogP contribution in [0.2, 0.25) is 0 Å². The molecule has 0 saturated carbocycles. The Morgan fingerprint density at radius 1 is 1.36 bits per heavy atom. The van der Waals surface area contributed by atoms with Crippen LogP contribution in [-0.4, -0.2) is 9.78 Å². The highest BCUT2D eigenvalue weighted by Gasteiger charge is 2.01. The SMILES string of the molecule is Cc1cnn(-c2cc(F)cc(Br)c2)c1. The molecule has 14 heavy (non-hydrogen) atoms. The molecule has 0 radical (unpaired) electrons. The molecule has 1 heterocycles. The zero-order valence-corrected chi connectivity index (χ0v) is 9.12. The third-order valence-electron chi connectivity index (χ3n) is 1.82. The molecule has 0 spiro atoms. The predicted octanol–water partition coefficient (Wildman–Crippen LogP) is 3.08. The Balaban J connectivity index is 2.51. The Labute approximate surface area is 89.5 Å². The molecule has 0 fully saturated rings. The van der Waals surface area contributed by atoms with E-state index in [2.05, 4.69) is 21.0 Å². The summed E-state index contributed by atoms with van der Waals surface area (Å²) in [5, 5.41) is 4.10. The van der Waals surface area contributed by atoms with Crippen LogP contribution < -0.4 is 0 Å². The van der Waals surface area contributed by atoms with Crippen molar-refractivity contribution < 1.29 is 4.39 Å². The first-order valence-corrected chi connectivity index (χ1v) is 4.92. The van der Waals surface area contributed by atoms with E-state index >= 15 is 0 Å². The van der Waals surface area contributed by atoms with Crippen LogP contribution in [0.25, 0.3) is 5.69 Å². The number of halogens is 2. The second-order valence-corrected chi connectivity index (χ2v) is 4.01. The molecule has 0 amide bonds. The molecule has 0 bridgehead atoms. The lowest BCUT2D eigenvalue weighted by Gasteiger charge is -2.01. The summed E-state index contributed by atoms with van der Waals surface area (Å²) in [5.74, 6) is -0.275. The molecule has 0 unspecified atom stereocenters. The van der Waals surface area contributed by atoms with E-state index in [-0.39, 0.29) is 5.82 Å². The van der Waals surface area contributed by atoms with Gasteiger partial charge in [0.15, 0.2) is 0 Å². The summed E-state index contributed by atoms with van der Waals surface area (Å²) in [6.07, 6.45) is 3.58. The average Bonchev–Trinajstić information content (AvgIpc) is 2.50. The monoisotopic (exact) mass is 254 g/mol. The average molecular weight is 255 g/mol. The molecule has 0 aliphatic carbocycles.